The highest BCUT2D eigenvalue weighted by atomic mass is 32.2. The van der Waals surface area contributed by atoms with Gasteiger partial charge in [0.2, 0.25) is 0 Å². The standard InChI is InChI=1S/C22H21FN2O4S2/c1-15-4-6-16(7-5-15)13-24-21(26)22(27)25-14-20(19-3-2-12-30-19)31(28,29)18-10-8-17(23)9-11-18/h2-12,20H,13-14H2,1H3,(H,24,26)(H,25,27). The third kappa shape index (κ3) is 5.77. The summed E-state index contributed by atoms with van der Waals surface area (Å²) < 4.78 is 39.4. The van der Waals surface area contributed by atoms with Crippen LogP contribution >= 0.6 is 11.3 Å². The molecule has 31 heavy (non-hydrogen) atoms. The number of hydrogen-bond acceptors (Lipinski definition) is 5. The number of thiophene rings is 1. The van der Waals surface area contributed by atoms with Crippen molar-refractivity contribution in [2.75, 3.05) is 6.54 Å². The van der Waals surface area contributed by atoms with Crippen LogP contribution in [-0.4, -0.2) is 26.8 Å². The van der Waals surface area contributed by atoms with Gasteiger partial charge < -0.3 is 10.6 Å². The first kappa shape index (κ1) is 22.6. The molecule has 1 unspecified atom stereocenters. The number of halogens is 1. The number of nitrogens with one attached hydrogen (secondary N) is 2. The van der Waals surface area contributed by atoms with Crippen LogP contribution in [0.4, 0.5) is 4.39 Å². The molecular weight excluding hydrogens is 439 g/mol. The van der Waals surface area contributed by atoms with Gasteiger partial charge >= 0.3 is 11.8 Å². The Morgan fingerprint density at radius 1 is 0.968 bits per heavy atom. The maximum Gasteiger partial charge on any atom is 0.309 e. The van der Waals surface area contributed by atoms with E-state index in [1.165, 1.54) is 23.5 Å². The number of carbonyl (C=O) groups is 2. The Kier molecular flexibility index (Phi) is 7.19. The van der Waals surface area contributed by atoms with Gasteiger partial charge in [-0.05, 0) is 48.2 Å². The Balaban J connectivity index is 1.68. The molecule has 2 N–H and O–H groups in total. The van der Waals surface area contributed by atoms with E-state index in [1.807, 2.05) is 31.2 Å². The van der Waals surface area contributed by atoms with Crippen molar-refractivity contribution in [3.8, 4) is 0 Å². The fraction of sp³-hybridized carbons (Fsp3) is 0.182. The van der Waals surface area contributed by atoms with Gasteiger partial charge in [-0.25, -0.2) is 12.8 Å². The van der Waals surface area contributed by atoms with E-state index in [-0.39, 0.29) is 18.0 Å². The number of benzene rings is 2. The lowest BCUT2D eigenvalue weighted by Gasteiger charge is -2.17. The molecule has 162 valence electrons. The predicted octanol–water partition coefficient (Wildman–Crippen LogP) is 3.14. The molecular formula is C22H21FN2O4S2. The van der Waals surface area contributed by atoms with Gasteiger partial charge in [0.1, 0.15) is 11.1 Å². The first-order valence-corrected chi connectivity index (χ1v) is 11.8. The van der Waals surface area contributed by atoms with Crippen molar-refractivity contribution in [3.05, 3.63) is 87.9 Å². The smallest absolute Gasteiger partial charge is 0.309 e. The molecule has 0 aliphatic heterocycles. The first-order chi connectivity index (χ1) is 14.8. The maximum absolute atomic E-state index is 13.2. The summed E-state index contributed by atoms with van der Waals surface area (Å²) in [7, 11) is -3.92. The largest absolute Gasteiger partial charge is 0.346 e. The highest BCUT2D eigenvalue weighted by Crippen LogP contribution is 2.31. The molecule has 3 rings (SSSR count). The van der Waals surface area contributed by atoms with Crippen molar-refractivity contribution in [3.63, 3.8) is 0 Å². The highest BCUT2D eigenvalue weighted by Gasteiger charge is 2.31. The Morgan fingerprint density at radius 2 is 1.61 bits per heavy atom. The number of carbonyl (C=O) groups excluding carboxylic acids is 2. The molecule has 0 radical (unpaired) electrons. The molecule has 0 saturated carbocycles. The van der Waals surface area contributed by atoms with Crippen LogP contribution in [0.25, 0.3) is 0 Å². The Hall–Kier alpha value is -3.04. The summed E-state index contributed by atoms with van der Waals surface area (Å²) in [5, 5.41) is 5.54. The van der Waals surface area contributed by atoms with Crippen LogP contribution in [0.5, 0.6) is 0 Å². The van der Waals surface area contributed by atoms with E-state index in [4.69, 9.17) is 0 Å². The third-order valence-corrected chi connectivity index (χ3v) is 7.84. The number of sulfone groups is 1. The monoisotopic (exact) mass is 460 g/mol. The molecule has 1 aromatic heterocycles. The highest BCUT2D eigenvalue weighted by molar-refractivity contribution is 7.91. The molecule has 2 aromatic carbocycles. The SMILES string of the molecule is Cc1ccc(CNC(=O)C(=O)NCC(c2cccs2)S(=O)(=O)c2ccc(F)cc2)cc1. The lowest BCUT2D eigenvalue weighted by molar-refractivity contribution is -0.139. The molecule has 0 aliphatic rings. The minimum atomic E-state index is -3.92. The van der Waals surface area contributed by atoms with Gasteiger partial charge in [0.05, 0.1) is 4.90 Å². The molecule has 1 heterocycles. The quantitative estimate of drug-likeness (QED) is 0.419. The van der Waals surface area contributed by atoms with E-state index >= 15 is 0 Å². The van der Waals surface area contributed by atoms with Crippen LogP contribution in [0.15, 0.2) is 70.9 Å². The number of aryl methyl sites for hydroxylation is 1. The Labute approximate surface area is 184 Å². The van der Waals surface area contributed by atoms with E-state index in [1.54, 1.807) is 17.5 Å². The summed E-state index contributed by atoms with van der Waals surface area (Å²) in [5.74, 6) is -2.34. The lowest BCUT2D eigenvalue weighted by atomic mass is 10.1. The van der Waals surface area contributed by atoms with E-state index < -0.39 is 32.7 Å². The summed E-state index contributed by atoms with van der Waals surface area (Å²) in [4.78, 5) is 24.8. The van der Waals surface area contributed by atoms with Crippen LogP contribution in [0.2, 0.25) is 0 Å². The lowest BCUT2D eigenvalue weighted by Crippen LogP contribution is -2.42. The average molecular weight is 461 g/mol. The molecule has 0 spiro atoms. The minimum Gasteiger partial charge on any atom is -0.346 e. The summed E-state index contributed by atoms with van der Waals surface area (Å²) in [6.07, 6.45) is 0. The van der Waals surface area contributed by atoms with E-state index in [0.717, 1.165) is 23.3 Å². The molecule has 1 atom stereocenters. The van der Waals surface area contributed by atoms with E-state index in [9.17, 15) is 22.4 Å². The van der Waals surface area contributed by atoms with Crippen molar-refractivity contribution in [2.24, 2.45) is 0 Å². The number of hydrogen-bond donors (Lipinski definition) is 2. The van der Waals surface area contributed by atoms with Crippen LogP contribution < -0.4 is 10.6 Å². The predicted molar refractivity (Wildman–Crippen MR) is 117 cm³/mol. The molecule has 6 nitrogen and oxygen atoms in total. The van der Waals surface area contributed by atoms with Gasteiger partial charge in [-0.15, -0.1) is 11.3 Å². The van der Waals surface area contributed by atoms with E-state index in [0.29, 0.717) is 4.88 Å². The Morgan fingerprint density at radius 3 is 2.23 bits per heavy atom. The summed E-state index contributed by atoms with van der Waals surface area (Å²) in [5.41, 5.74) is 1.91. The van der Waals surface area contributed by atoms with Gasteiger partial charge in [0.15, 0.2) is 9.84 Å². The fourth-order valence-electron chi connectivity index (χ4n) is 2.86. The normalized spacial score (nSPS) is 12.2. The number of rotatable bonds is 7. The third-order valence-electron chi connectivity index (χ3n) is 4.61. The summed E-state index contributed by atoms with van der Waals surface area (Å²) in [6, 6.07) is 15.3. The van der Waals surface area contributed by atoms with Gasteiger partial charge in [0, 0.05) is 18.0 Å². The van der Waals surface area contributed by atoms with Crippen molar-refractivity contribution in [1.29, 1.82) is 0 Å². The van der Waals surface area contributed by atoms with Crippen molar-refractivity contribution >= 4 is 33.0 Å². The first-order valence-electron chi connectivity index (χ1n) is 9.42. The zero-order valence-corrected chi connectivity index (χ0v) is 18.3. The van der Waals surface area contributed by atoms with Crippen LogP contribution in [-0.2, 0) is 26.0 Å². The maximum atomic E-state index is 13.2. The summed E-state index contributed by atoms with van der Waals surface area (Å²) in [6.45, 7) is 1.82. The Bertz CT molecular complexity index is 1140. The molecule has 9 heteroatoms. The zero-order chi connectivity index (χ0) is 22.4. The number of amides is 2. The van der Waals surface area contributed by atoms with Crippen molar-refractivity contribution in [1.82, 2.24) is 10.6 Å². The molecule has 0 fully saturated rings. The second-order valence-electron chi connectivity index (χ2n) is 6.88. The second-order valence-corrected chi connectivity index (χ2v) is 9.99. The van der Waals surface area contributed by atoms with Gasteiger partial charge in [-0.3, -0.25) is 9.59 Å². The molecule has 3 aromatic rings. The van der Waals surface area contributed by atoms with Gasteiger partial charge in [-0.1, -0.05) is 35.9 Å². The second kappa shape index (κ2) is 9.84. The molecule has 0 bridgehead atoms. The van der Waals surface area contributed by atoms with Crippen molar-refractivity contribution < 1.29 is 22.4 Å². The molecule has 2 amide bonds. The topological polar surface area (TPSA) is 92.3 Å². The van der Waals surface area contributed by atoms with Gasteiger partial charge in [-0.2, -0.15) is 0 Å². The van der Waals surface area contributed by atoms with Crippen LogP contribution in [0.3, 0.4) is 0 Å². The fourth-order valence-corrected chi connectivity index (χ4v) is 5.64. The minimum absolute atomic E-state index is 0.0645. The average Bonchev–Trinajstić information content (AvgIpc) is 3.27. The molecule has 0 aliphatic carbocycles. The van der Waals surface area contributed by atoms with Crippen LogP contribution in [0, 0.1) is 12.7 Å². The zero-order valence-electron chi connectivity index (χ0n) is 16.7. The summed E-state index contributed by atoms with van der Waals surface area (Å²) >= 11 is 1.22. The van der Waals surface area contributed by atoms with Crippen molar-refractivity contribution in [2.45, 2.75) is 23.6 Å². The van der Waals surface area contributed by atoms with Crippen LogP contribution in [0.1, 0.15) is 21.3 Å². The molecule has 0 saturated heterocycles. The van der Waals surface area contributed by atoms with Gasteiger partial charge in [0.25, 0.3) is 0 Å². The van der Waals surface area contributed by atoms with E-state index in [2.05, 4.69) is 10.6 Å².